The van der Waals surface area contributed by atoms with Gasteiger partial charge in [0, 0.05) is 17.1 Å². The number of nitrogens with one attached hydrogen (secondary N) is 1. The number of rotatable bonds is 3. The Morgan fingerprint density at radius 1 is 1.56 bits per heavy atom. The molecule has 1 aromatic rings. The second-order valence-electron chi connectivity index (χ2n) is 4.11. The molecule has 2 N–H and O–H groups in total. The summed E-state index contributed by atoms with van der Waals surface area (Å²) in [4.78, 5) is 0. The van der Waals surface area contributed by atoms with E-state index in [9.17, 15) is 5.11 Å². The molecule has 1 saturated heterocycles. The molecule has 0 spiro atoms. The van der Waals surface area contributed by atoms with Gasteiger partial charge >= 0.3 is 0 Å². The van der Waals surface area contributed by atoms with E-state index in [4.69, 9.17) is 16.3 Å². The smallest absolute Gasteiger partial charge is 0.161 e. The van der Waals surface area contributed by atoms with Crippen molar-refractivity contribution in [2.24, 2.45) is 0 Å². The van der Waals surface area contributed by atoms with Crippen LogP contribution in [0.4, 0.5) is 0 Å². The summed E-state index contributed by atoms with van der Waals surface area (Å²) in [6.45, 7) is 1.07. The largest absolute Gasteiger partial charge is 0.504 e. The molecule has 1 aliphatic heterocycles. The lowest BCUT2D eigenvalue weighted by molar-refractivity contribution is 0.373. The summed E-state index contributed by atoms with van der Waals surface area (Å²) >= 11 is 6.14. The fraction of sp³-hybridized carbons (Fsp3) is 0.500. The Hall–Kier alpha value is -0.930. The second kappa shape index (κ2) is 4.93. The SMILES string of the molecule is COc1cc(Cl)c(CC2CCCN2)cc1O. The van der Waals surface area contributed by atoms with Crippen molar-refractivity contribution in [3.8, 4) is 11.5 Å². The van der Waals surface area contributed by atoms with Crippen molar-refractivity contribution in [1.29, 1.82) is 0 Å². The molecule has 0 amide bonds. The Morgan fingerprint density at radius 3 is 3.00 bits per heavy atom. The number of halogens is 1. The fourth-order valence-electron chi connectivity index (χ4n) is 2.10. The van der Waals surface area contributed by atoms with Crippen molar-refractivity contribution < 1.29 is 9.84 Å². The molecule has 0 aromatic heterocycles. The van der Waals surface area contributed by atoms with Crippen LogP contribution in [0.15, 0.2) is 12.1 Å². The summed E-state index contributed by atoms with van der Waals surface area (Å²) in [5.74, 6) is 0.577. The number of phenols is 1. The van der Waals surface area contributed by atoms with E-state index in [1.807, 2.05) is 0 Å². The predicted molar refractivity (Wildman–Crippen MR) is 64.4 cm³/mol. The van der Waals surface area contributed by atoms with Crippen molar-refractivity contribution in [3.05, 3.63) is 22.7 Å². The topological polar surface area (TPSA) is 41.5 Å². The standard InChI is InChI=1S/C12H16ClNO2/c1-16-12-7-10(13)8(6-11(12)15)5-9-3-2-4-14-9/h6-7,9,14-15H,2-5H2,1H3. The molecule has 1 unspecified atom stereocenters. The molecule has 16 heavy (non-hydrogen) atoms. The third-order valence-corrected chi connectivity index (χ3v) is 3.33. The van der Waals surface area contributed by atoms with Gasteiger partial charge in [-0.3, -0.25) is 0 Å². The molecule has 1 fully saturated rings. The van der Waals surface area contributed by atoms with E-state index in [2.05, 4.69) is 5.32 Å². The Labute approximate surface area is 100 Å². The summed E-state index contributed by atoms with van der Waals surface area (Å²) in [6, 6.07) is 3.84. The first-order chi connectivity index (χ1) is 7.70. The van der Waals surface area contributed by atoms with E-state index >= 15 is 0 Å². The maximum atomic E-state index is 9.69. The Balaban J connectivity index is 2.17. The minimum atomic E-state index is 0.153. The summed E-state index contributed by atoms with van der Waals surface area (Å²) in [5.41, 5.74) is 0.972. The zero-order chi connectivity index (χ0) is 11.5. The molecule has 0 radical (unpaired) electrons. The van der Waals surface area contributed by atoms with Gasteiger partial charge in [-0.2, -0.15) is 0 Å². The number of methoxy groups -OCH3 is 1. The Bertz CT molecular complexity index is 376. The summed E-state index contributed by atoms with van der Waals surface area (Å²) in [5, 5.41) is 13.8. The minimum absolute atomic E-state index is 0.153. The van der Waals surface area contributed by atoms with Crippen molar-refractivity contribution in [2.45, 2.75) is 25.3 Å². The molecule has 2 rings (SSSR count). The van der Waals surface area contributed by atoms with Crippen molar-refractivity contribution >= 4 is 11.6 Å². The molecule has 1 atom stereocenters. The first-order valence-electron chi connectivity index (χ1n) is 5.49. The van der Waals surface area contributed by atoms with Gasteiger partial charge in [-0.15, -0.1) is 0 Å². The molecule has 4 heteroatoms. The average molecular weight is 242 g/mol. The van der Waals surface area contributed by atoms with Gasteiger partial charge in [0.05, 0.1) is 7.11 Å². The molecular weight excluding hydrogens is 226 g/mol. The Morgan fingerprint density at radius 2 is 2.38 bits per heavy atom. The van der Waals surface area contributed by atoms with Crippen LogP contribution < -0.4 is 10.1 Å². The normalized spacial score (nSPS) is 20.0. The number of aromatic hydroxyl groups is 1. The highest BCUT2D eigenvalue weighted by Gasteiger charge is 2.17. The van der Waals surface area contributed by atoms with Crippen LogP contribution in [0.1, 0.15) is 18.4 Å². The summed E-state index contributed by atoms with van der Waals surface area (Å²) < 4.78 is 5.00. The average Bonchev–Trinajstić information content (AvgIpc) is 2.75. The van der Waals surface area contributed by atoms with Gasteiger partial charge in [-0.05, 0) is 37.4 Å². The van der Waals surface area contributed by atoms with Crippen LogP contribution in [0.2, 0.25) is 5.02 Å². The lowest BCUT2D eigenvalue weighted by Gasteiger charge is -2.13. The van der Waals surface area contributed by atoms with E-state index in [1.165, 1.54) is 20.0 Å². The third-order valence-electron chi connectivity index (χ3n) is 2.98. The molecule has 0 bridgehead atoms. The van der Waals surface area contributed by atoms with Gasteiger partial charge in [0.2, 0.25) is 0 Å². The second-order valence-corrected chi connectivity index (χ2v) is 4.52. The van der Waals surface area contributed by atoms with E-state index in [0.29, 0.717) is 16.8 Å². The lowest BCUT2D eigenvalue weighted by atomic mass is 10.0. The number of phenolic OH excluding ortho intramolecular Hbond substituents is 1. The summed E-state index contributed by atoms with van der Waals surface area (Å²) in [7, 11) is 1.52. The van der Waals surface area contributed by atoms with Crippen LogP contribution in [0.3, 0.4) is 0 Å². The monoisotopic (exact) mass is 241 g/mol. The molecule has 0 aliphatic carbocycles. The molecule has 1 aliphatic rings. The third kappa shape index (κ3) is 2.42. The van der Waals surface area contributed by atoms with Crippen LogP contribution in [-0.4, -0.2) is 24.8 Å². The Kier molecular flexibility index (Phi) is 3.56. The van der Waals surface area contributed by atoms with E-state index in [1.54, 1.807) is 12.1 Å². The van der Waals surface area contributed by atoms with Gasteiger partial charge in [0.1, 0.15) is 0 Å². The molecule has 1 heterocycles. The van der Waals surface area contributed by atoms with Crippen molar-refractivity contribution in [1.82, 2.24) is 5.32 Å². The van der Waals surface area contributed by atoms with Gasteiger partial charge < -0.3 is 15.2 Å². The molecule has 88 valence electrons. The van der Waals surface area contributed by atoms with Crippen molar-refractivity contribution in [2.75, 3.05) is 13.7 Å². The maximum Gasteiger partial charge on any atom is 0.161 e. The maximum absolute atomic E-state index is 9.69. The molecule has 3 nitrogen and oxygen atoms in total. The zero-order valence-corrected chi connectivity index (χ0v) is 10.0. The van der Waals surface area contributed by atoms with E-state index < -0.39 is 0 Å². The first-order valence-corrected chi connectivity index (χ1v) is 5.87. The quantitative estimate of drug-likeness (QED) is 0.854. The molecule has 1 aromatic carbocycles. The zero-order valence-electron chi connectivity index (χ0n) is 9.29. The van der Waals surface area contributed by atoms with Crippen LogP contribution >= 0.6 is 11.6 Å². The first kappa shape index (κ1) is 11.6. The number of ether oxygens (including phenoxy) is 1. The van der Waals surface area contributed by atoms with Crippen LogP contribution in [-0.2, 0) is 6.42 Å². The van der Waals surface area contributed by atoms with Crippen LogP contribution in [0, 0.1) is 0 Å². The predicted octanol–water partition coefficient (Wildman–Crippen LogP) is 2.35. The highest BCUT2D eigenvalue weighted by Crippen LogP contribution is 2.33. The lowest BCUT2D eigenvalue weighted by Crippen LogP contribution is -2.23. The van der Waals surface area contributed by atoms with E-state index in [-0.39, 0.29) is 5.75 Å². The van der Waals surface area contributed by atoms with Gasteiger partial charge in [-0.25, -0.2) is 0 Å². The number of hydrogen-bond donors (Lipinski definition) is 2. The van der Waals surface area contributed by atoms with E-state index in [0.717, 1.165) is 18.5 Å². The van der Waals surface area contributed by atoms with Gasteiger partial charge in [0.15, 0.2) is 11.5 Å². The van der Waals surface area contributed by atoms with Gasteiger partial charge in [0.25, 0.3) is 0 Å². The van der Waals surface area contributed by atoms with Crippen molar-refractivity contribution in [3.63, 3.8) is 0 Å². The van der Waals surface area contributed by atoms with Crippen LogP contribution in [0.25, 0.3) is 0 Å². The molecule has 0 saturated carbocycles. The minimum Gasteiger partial charge on any atom is -0.504 e. The summed E-state index contributed by atoms with van der Waals surface area (Å²) in [6.07, 6.45) is 3.24. The van der Waals surface area contributed by atoms with Gasteiger partial charge in [-0.1, -0.05) is 11.6 Å². The van der Waals surface area contributed by atoms with Crippen LogP contribution in [0.5, 0.6) is 11.5 Å². The highest BCUT2D eigenvalue weighted by atomic mass is 35.5. The molecular formula is C12H16ClNO2. The number of benzene rings is 1. The highest BCUT2D eigenvalue weighted by molar-refractivity contribution is 6.31. The number of hydrogen-bond acceptors (Lipinski definition) is 3. The fourth-order valence-corrected chi connectivity index (χ4v) is 2.33.